The maximum Gasteiger partial charge on any atom is 0.310 e. The van der Waals surface area contributed by atoms with Gasteiger partial charge < -0.3 is 10.0 Å². The zero-order valence-corrected chi connectivity index (χ0v) is 13.3. The van der Waals surface area contributed by atoms with Gasteiger partial charge in [0.25, 0.3) is 0 Å². The molecule has 0 spiro atoms. The van der Waals surface area contributed by atoms with Crippen molar-refractivity contribution in [2.45, 2.75) is 58.4 Å². The Balaban J connectivity index is 1.93. The van der Waals surface area contributed by atoms with Gasteiger partial charge in [0.05, 0.1) is 12.0 Å². The lowest BCUT2D eigenvalue weighted by Crippen LogP contribution is -2.48. The number of rotatable bonds is 5. The Morgan fingerprint density at radius 3 is 2.57 bits per heavy atom. The van der Waals surface area contributed by atoms with Gasteiger partial charge in [-0.15, -0.1) is 0 Å². The summed E-state index contributed by atoms with van der Waals surface area (Å²) in [5.41, 5.74) is -0.646. The van der Waals surface area contributed by atoms with Crippen molar-refractivity contribution in [2.75, 3.05) is 26.2 Å². The van der Waals surface area contributed by atoms with E-state index in [0.29, 0.717) is 32.0 Å². The second kappa shape index (κ2) is 6.77. The zero-order chi connectivity index (χ0) is 15.5. The fourth-order valence-electron chi connectivity index (χ4n) is 3.74. The van der Waals surface area contributed by atoms with E-state index in [4.69, 9.17) is 0 Å². The third kappa shape index (κ3) is 3.39. The van der Waals surface area contributed by atoms with Crippen LogP contribution in [0.1, 0.15) is 52.4 Å². The van der Waals surface area contributed by atoms with Crippen molar-refractivity contribution in [1.29, 1.82) is 0 Å². The van der Waals surface area contributed by atoms with Crippen LogP contribution in [0.3, 0.4) is 0 Å². The highest BCUT2D eigenvalue weighted by atomic mass is 16.4. The van der Waals surface area contributed by atoms with E-state index in [9.17, 15) is 14.7 Å². The van der Waals surface area contributed by atoms with Crippen LogP contribution in [-0.2, 0) is 9.59 Å². The van der Waals surface area contributed by atoms with Crippen LogP contribution in [0, 0.1) is 5.41 Å². The quantitative estimate of drug-likeness (QED) is 0.842. The monoisotopic (exact) mass is 296 g/mol. The molecule has 0 aromatic carbocycles. The van der Waals surface area contributed by atoms with Crippen LogP contribution in [-0.4, -0.2) is 59.0 Å². The second-order valence-corrected chi connectivity index (χ2v) is 6.54. The molecule has 2 unspecified atom stereocenters. The number of hydrogen-bond donors (Lipinski definition) is 1. The van der Waals surface area contributed by atoms with Gasteiger partial charge in [-0.25, -0.2) is 0 Å². The van der Waals surface area contributed by atoms with Crippen LogP contribution in [0.15, 0.2) is 0 Å². The lowest BCUT2D eigenvalue weighted by Gasteiger charge is -2.36. The van der Waals surface area contributed by atoms with Crippen LogP contribution in [0.4, 0.5) is 0 Å². The molecular weight excluding hydrogens is 268 g/mol. The molecule has 0 aromatic heterocycles. The molecule has 5 nitrogen and oxygen atoms in total. The number of carbonyl (C=O) groups excluding carboxylic acids is 1. The van der Waals surface area contributed by atoms with Crippen molar-refractivity contribution in [3.05, 3.63) is 0 Å². The van der Waals surface area contributed by atoms with Crippen LogP contribution < -0.4 is 0 Å². The summed E-state index contributed by atoms with van der Waals surface area (Å²) in [6.07, 6.45) is 5.72. The molecule has 2 rings (SSSR count). The fraction of sp³-hybridized carbons (Fsp3) is 0.875. The third-order valence-electron chi connectivity index (χ3n) is 5.34. The Morgan fingerprint density at radius 1 is 1.24 bits per heavy atom. The third-order valence-corrected chi connectivity index (χ3v) is 5.34. The van der Waals surface area contributed by atoms with E-state index >= 15 is 0 Å². The van der Waals surface area contributed by atoms with Gasteiger partial charge in [-0.3, -0.25) is 14.5 Å². The van der Waals surface area contributed by atoms with Gasteiger partial charge in [0.2, 0.25) is 5.91 Å². The molecule has 5 heteroatoms. The lowest BCUT2D eigenvalue weighted by molar-refractivity contribution is -0.149. The largest absolute Gasteiger partial charge is 0.481 e. The summed E-state index contributed by atoms with van der Waals surface area (Å²) in [4.78, 5) is 28.0. The van der Waals surface area contributed by atoms with Gasteiger partial charge in [0, 0.05) is 19.1 Å². The van der Waals surface area contributed by atoms with Crippen molar-refractivity contribution >= 4 is 11.9 Å². The van der Waals surface area contributed by atoms with E-state index in [1.165, 1.54) is 6.42 Å². The van der Waals surface area contributed by atoms with Crippen molar-refractivity contribution in [1.82, 2.24) is 9.80 Å². The van der Waals surface area contributed by atoms with Crippen LogP contribution in [0.2, 0.25) is 0 Å². The average Bonchev–Trinajstić information content (AvgIpc) is 2.91. The molecule has 0 aromatic rings. The van der Waals surface area contributed by atoms with Crippen molar-refractivity contribution in [3.8, 4) is 0 Å². The Hall–Kier alpha value is -1.10. The number of carbonyl (C=O) groups is 2. The number of nitrogens with zero attached hydrogens (tertiary/aromatic N) is 2. The van der Waals surface area contributed by atoms with E-state index in [-0.39, 0.29) is 5.91 Å². The number of likely N-dealkylation sites (tertiary alicyclic amines) is 2. The van der Waals surface area contributed by atoms with E-state index in [2.05, 4.69) is 6.92 Å². The van der Waals surface area contributed by atoms with Crippen molar-refractivity contribution < 1.29 is 14.7 Å². The fourth-order valence-corrected chi connectivity index (χ4v) is 3.74. The van der Waals surface area contributed by atoms with Crippen molar-refractivity contribution in [2.24, 2.45) is 5.41 Å². The molecule has 1 amide bonds. The summed E-state index contributed by atoms with van der Waals surface area (Å²) in [6.45, 7) is 6.54. The number of aliphatic carboxylic acids is 1. The van der Waals surface area contributed by atoms with E-state index in [0.717, 1.165) is 32.4 Å². The van der Waals surface area contributed by atoms with Gasteiger partial charge in [-0.1, -0.05) is 13.8 Å². The molecule has 0 bridgehead atoms. The van der Waals surface area contributed by atoms with Crippen LogP contribution in [0.5, 0.6) is 0 Å². The summed E-state index contributed by atoms with van der Waals surface area (Å²) >= 11 is 0. The molecule has 2 aliphatic rings. The van der Waals surface area contributed by atoms with Gasteiger partial charge in [-0.05, 0) is 45.1 Å². The maximum atomic E-state index is 12.5. The predicted octanol–water partition coefficient (Wildman–Crippen LogP) is 1.96. The number of carboxylic acids is 1. The standard InChI is InChI=1S/C16H28N2O3/c1-3-13-7-5-6-9-18(13)14(19)11-17-10-8-16(4-2,12-17)15(20)21/h13H,3-12H2,1-2H3,(H,20,21). The minimum absolute atomic E-state index is 0.179. The van der Waals surface area contributed by atoms with E-state index < -0.39 is 11.4 Å². The van der Waals surface area contributed by atoms with Gasteiger partial charge in [-0.2, -0.15) is 0 Å². The second-order valence-electron chi connectivity index (χ2n) is 6.54. The Bertz CT molecular complexity index is 399. The number of carboxylic acid groups (broad SMARTS) is 1. The first-order chi connectivity index (χ1) is 10.0. The Morgan fingerprint density at radius 2 is 2.00 bits per heavy atom. The maximum absolute atomic E-state index is 12.5. The number of piperidine rings is 1. The molecule has 2 aliphatic heterocycles. The molecule has 0 saturated carbocycles. The van der Waals surface area contributed by atoms with Gasteiger partial charge >= 0.3 is 5.97 Å². The molecule has 2 fully saturated rings. The summed E-state index contributed by atoms with van der Waals surface area (Å²) in [5, 5.41) is 9.42. The SMILES string of the molecule is CCC1CCCCN1C(=O)CN1CCC(CC)(C(=O)O)C1. The normalized spacial score (nSPS) is 30.6. The Kier molecular flexibility index (Phi) is 5.25. The molecule has 1 N–H and O–H groups in total. The van der Waals surface area contributed by atoms with Gasteiger partial charge in [0.1, 0.15) is 0 Å². The molecule has 2 atom stereocenters. The lowest BCUT2D eigenvalue weighted by atomic mass is 9.84. The first-order valence-corrected chi connectivity index (χ1v) is 8.27. The predicted molar refractivity (Wildman–Crippen MR) is 81.1 cm³/mol. The smallest absolute Gasteiger partial charge is 0.310 e. The highest BCUT2D eigenvalue weighted by molar-refractivity contribution is 5.79. The molecular formula is C16H28N2O3. The van der Waals surface area contributed by atoms with Crippen LogP contribution >= 0.6 is 0 Å². The number of amides is 1. The molecule has 0 aliphatic carbocycles. The first kappa shape index (κ1) is 16.3. The minimum atomic E-state index is -0.718. The molecule has 0 radical (unpaired) electrons. The summed E-state index contributed by atoms with van der Waals surface area (Å²) in [6, 6.07) is 0.379. The van der Waals surface area contributed by atoms with Crippen molar-refractivity contribution in [3.63, 3.8) is 0 Å². The zero-order valence-electron chi connectivity index (χ0n) is 13.3. The molecule has 21 heavy (non-hydrogen) atoms. The summed E-state index contributed by atoms with van der Waals surface area (Å²) < 4.78 is 0. The Labute approximate surface area is 127 Å². The topological polar surface area (TPSA) is 60.9 Å². The molecule has 2 saturated heterocycles. The summed E-state index contributed by atoms with van der Waals surface area (Å²) in [5.74, 6) is -0.539. The first-order valence-electron chi connectivity index (χ1n) is 8.27. The van der Waals surface area contributed by atoms with Crippen LogP contribution in [0.25, 0.3) is 0 Å². The minimum Gasteiger partial charge on any atom is -0.481 e. The molecule has 120 valence electrons. The van der Waals surface area contributed by atoms with E-state index in [1.54, 1.807) is 0 Å². The highest BCUT2D eigenvalue weighted by Crippen LogP contribution is 2.34. The average molecular weight is 296 g/mol. The number of hydrogen-bond acceptors (Lipinski definition) is 3. The highest BCUT2D eigenvalue weighted by Gasteiger charge is 2.43. The summed E-state index contributed by atoms with van der Waals surface area (Å²) in [7, 11) is 0. The van der Waals surface area contributed by atoms with Gasteiger partial charge in [0.15, 0.2) is 0 Å². The molecule has 2 heterocycles. The van der Waals surface area contributed by atoms with E-state index in [1.807, 2.05) is 16.7 Å².